The molecular formula is C12H14N4OS. The van der Waals surface area contributed by atoms with Crippen LogP contribution in [0, 0.1) is 6.92 Å². The number of rotatable bonds is 3. The first kappa shape index (κ1) is 12.6. The molecule has 0 aliphatic carbocycles. The Labute approximate surface area is 109 Å². The number of carbonyl (C=O) groups excluding carboxylic acids is 1. The summed E-state index contributed by atoms with van der Waals surface area (Å²) in [6, 6.07) is 1.70. The molecule has 0 saturated heterocycles. The van der Waals surface area contributed by atoms with Gasteiger partial charge in [-0.05, 0) is 18.9 Å². The van der Waals surface area contributed by atoms with Crippen molar-refractivity contribution in [2.75, 3.05) is 5.32 Å². The molecule has 0 atom stereocenters. The van der Waals surface area contributed by atoms with Crippen molar-refractivity contribution in [2.24, 2.45) is 0 Å². The number of amides is 1. The minimum atomic E-state index is -0.199. The van der Waals surface area contributed by atoms with Gasteiger partial charge in [0.1, 0.15) is 4.88 Å². The fourth-order valence-electron chi connectivity index (χ4n) is 1.52. The topological polar surface area (TPSA) is 67.8 Å². The zero-order valence-electron chi connectivity index (χ0n) is 10.5. The number of anilines is 1. The van der Waals surface area contributed by atoms with Crippen LogP contribution in [0.4, 0.5) is 5.95 Å². The van der Waals surface area contributed by atoms with E-state index in [2.05, 4.69) is 20.3 Å². The van der Waals surface area contributed by atoms with Gasteiger partial charge in [-0.1, -0.05) is 13.8 Å². The molecule has 0 saturated carbocycles. The zero-order valence-corrected chi connectivity index (χ0v) is 11.3. The van der Waals surface area contributed by atoms with E-state index in [1.807, 2.05) is 20.8 Å². The number of carbonyl (C=O) groups is 1. The third kappa shape index (κ3) is 2.70. The van der Waals surface area contributed by atoms with Crippen molar-refractivity contribution >= 4 is 23.2 Å². The molecule has 1 amide bonds. The van der Waals surface area contributed by atoms with Gasteiger partial charge in [0.25, 0.3) is 5.91 Å². The summed E-state index contributed by atoms with van der Waals surface area (Å²) < 4.78 is 0. The van der Waals surface area contributed by atoms with Crippen molar-refractivity contribution in [3.63, 3.8) is 0 Å². The van der Waals surface area contributed by atoms with Gasteiger partial charge in [-0.25, -0.2) is 15.0 Å². The predicted octanol–water partition coefficient (Wildman–Crippen LogP) is 2.62. The molecule has 0 aromatic carbocycles. The lowest BCUT2D eigenvalue weighted by Gasteiger charge is -2.05. The van der Waals surface area contributed by atoms with Gasteiger partial charge < -0.3 is 0 Å². The Morgan fingerprint density at radius 1 is 1.33 bits per heavy atom. The van der Waals surface area contributed by atoms with Crippen molar-refractivity contribution in [3.05, 3.63) is 34.0 Å². The molecular weight excluding hydrogens is 248 g/mol. The summed E-state index contributed by atoms with van der Waals surface area (Å²) in [5, 5.41) is 3.56. The van der Waals surface area contributed by atoms with E-state index >= 15 is 0 Å². The smallest absolute Gasteiger partial charge is 0.270 e. The van der Waals surface area contributed by atoms with Crippen LogP contribution < -0.4 is 5.32 Å². The van der Waals surface area contributed by atoms with Crippen LogP contribution in [0.15, 0.2) is 18.5 Å². The summed E-state index contributed by atoms with van der Waals surface area (Å²) >= 11 is 1.39. The maximum atomic E-state index is 12.1. The van der Waals surface area contributed by atoms with Gasteiger partial charge in [0.2, 0.25) is 5.95 Å². The SMILES string of the molecule is Cc1nc(C(C)C)c(C(=O)Nc2ncccn2)s1. The number of nitrogens with zero attached hydrogens (tertiary/aromatic N) is 3. The number of aryl methyl sites for hydroxylation is 1. The van der Waals surface area contributed by atoms with Crippen molar-refractivity contribution in [2.45, 2.75) is 26.7 Å². The van der Waals surface area contributed by atoms with Gasteiger partial charge >= 0.3 is 0 Å². The lowest BCUT2D eigenvalue weighted by Crippen LogP contribution is -2.14. The van der Waals surface area contributed by atoms with Gasteiger partial charge in [0, 0.05) is 12.4 Å². The second kappa shape index (κ2) is 5.22. The molecule has 0 radical (unpaired) electrons. The number of hydrogen-bond donors (Lipinski definition) is 1. The first-order valence-electron chi connectivity index (χ1n) is 5.63. The maximum absolute atomic E-state index is 12.1. The highest BCUT2D eigenvalue weighted by atomic mass is 32.1. The van der Waals surface area contributed by atoms with Crippen LogP contribution in [-0.2, 0) is 0 Å². The zero-order chi connectivity index (χ0) is 13.1. The molecule has 0 spiro atoms. The van der Waals surface area contributed by atoms with Gasteiger partial charge in [-0.15, -0.1) is 11.3 Å². The molecule has 0 aliphatic heterocycles. The quantitative estimate of drug-likeness (QED) is 0.923. The minimum absolute atomic E-state index is 0.199. The van der Waals surface area contributed by atoms with E-state index in [4.69, 9.17) is 0 Å². The molecule has 6 heteroatoms. The standard InChI is InChI=1S/C12H14N4OS/c1-7(2)9-10(18-8(3)15-9)11(17)16-12-13-5-4-6-14-12/h4-7H,1-3H3,(H,13,14,16,17). The molecule has 2 rings (SSSR count). The lowest BCUT2D eigenvalue weighted by molar-refractivity contribution is 0.102. The molecule has 0 fully saturated rings. The van der Waals surface area contributed by atoms with Crippen molar-refractivity contribution in [3.8, 4) is 0 Å². The highest BCUT2D eigenvalue weighted by Gasteiger charge is 2.19. The van der Waals surface area contributed by atoms with Gasteiger partial charge in [-0.3, -0.25) is 10.1 Å². The van der Waals surface area contributed by atoms with Crippen LogP contribution in [0.1, 0.15) is 40.1 Å². The maximum Gasteiger partial charge on any atom is 0.270 e. The summed E-state index contributed by atoms with van der Waals surface area (Å²) in [5.41, 5.74) is 0.825. The first-order valence-corrected chi connectivity index (χ1v) is 6.45. The minimum Gasteiger partial charge on any atom is -0.290 e. The van der Waals surface area contributed by atoms with E-state index in [1.54, 1.807) is 18.5 Å². The Bertz CT molecular complexity index is 550. The Morgan fingerprint density at radius 2 is 2.00 bits per heavy atom. The van der Waals surface area contributed by atoms with E-state index in [1.165, 1.54) is 11.3 Å². The molecule has 5 nitrogen and oxygen atoms in total. The van der Waals surface area contributed by atoms with Crippen LogP contribution in [0.25, 0.3) is 0 Å². The number of hydrogen-bond acceptors (Lipinski definition) is 5. The molecule has 2 aromatic rings. The van der Waals surface area contributed by atoms with Crippen LogP contribution in [0.5, 0.6) is 0 Å². The number of thiazole rings is 1. The van der Waals surface area contributed by atoms with E-state index < -0.39 is 0 Å². The summed E-state index contributed by atoms with van der Waals surface area (Å²) in [4.78, 5) is 25.1. The average molecular weight is 262 g/mol. The number of nitrogens with one attached hydrogen (secondary N) is 1. The monoisotopic (exact) mass is 262 g/mol. The molecule has 2 aromatic heterocycles. The average Bonchev–Trinajstić information content (AvgIpc) is 2.73. The Hall–Kier alpha value is -1.82. The summed E-state index contributed by atoms with van der Waals surface area (Å²) in [6.45, 7) is 5.93. The second-order valence-corrected chi connectivity index (χ2v) is 5.33. The largest absolute Gasteiger partial charge is 0.290 e. The highest BCUT2D eigenvalue weighted by Crippen LogP contribution is 2.25. The molecule has 18 heavy (non-hydrogen) atoms. The molecule has 0 unspecified atom stereocenters. The van der Waals surface area contributed by atoms with Gasteiger partial charge in [0.05, 0.1) is 10.7 Å². The third-order valence-electron chi connectivity index (χ3n) is 2.30. The van der Waals surface area contributed by atoms with E-state index in [-0.39, 0.29) is 11.8 Å². The predicted molar refractivity (Wildman–Crippen MR) is 70.9 cm³/mol. The normalized spacial score (nSPS) is 10.7. The molecule has 2 heterocycles. The van der Waals surface area contributed by atoms with Gasteiger partial charge in [0.15, 0.2) is 0 Å². The van der Waals surface area contributed by atoms with Crippen LogP contribution in [0.3, 0.4) is 0 Å². The Morgan fingerprint density at radius 3 is 2.61 bits per heavy atom. The van der Waals surface area contributed by atoms with E-state index in [0.29, 0.717) is 10.8 Å². The Balaban J connectivity index is 2.24. The second-order valence-electron chi connectivity index (χ2n) is 4.13. The van der Waals surface area contributed by atoms with Crippen LogP contribution in [0.2, 0.25) is 0 Å². The fourth-order valence-corrected chi connectivity index (χ4v) is 2.49. The van der Waals surface area contributed by atoms with Crippen LogP contribution in [-0.4, -0.2) is 20.9 Å². The molecule has 0 bridgehead atoms. The van der Waals surface area contributed by atoms with Crippen LogP contribution >= 0.6 is 11.3 Å². The van der Waals surface area contributed by atoms with E-state index in [9.17, 15) is 4.79 Å². The van der Waals surface area contributed by atoms with Crippen molar-refractivity contribution in [1.29, 1.82) is 0 Å². The highest BCUT2D eigenvalue weighted by molar-refractivity contribution is 7.13. The Kier molecular flexibility index (Phi) is 3.66. The first-order chi connectivity index (χ1) is 8.58. The summed E-state index contributed by atoms with van der Waals surface area (Å²) in [6.07, 6.45) is 3.17. The number of aromatic nitrogens is 3. The summed E-state index contributed by atoms with van der Waals surface area (Å²) in [7, 11) is 0. The van der Waals surface area contributed by atoms with Crippen molar-refractivity contribution < 1.29 is 4.79 Å². The third-order valence-corrected chi connectivity index (χ3v) is 3.29. The molecule has 94 valence electrons. The van der Waals surface area contributed by atoms with E-state index in [0.717, 1.165) is 10.7 Å². The fraction of sp³-hybridized carbons (Fsp3) is 0.333. The lowest BCUT2D eigenvalue weighted by atomic mass is 10.1. The molecule has 0 aliphatic rings. The summed E-state index contributed by atoms with van der Waals surface area (Å²) in [5.74, 6) is 0.325. The van der Waals surface area contributed by atoms with Crippen molar-refractivity contribution in [1.82, 2.24) is 15.0 Å². The molecule has 1 N–H and O–H groups in total. The van der Waals surface area contributed by atoms with Gasteiger partial charge in [-0.2, -0.15) is 0 Å².